The second-order valence-corrected chi connectivity index (χ2v) is 7.28. The van der Waals surface area contributed by atoms with E-state index in [2.05, 4.69) is 53.0 Å². The number of likely N-dealkylation sites (tertiary alicyclic amines) is 1. The van der Waals surface area contributed by atoms with Crippen molar-refractivity contribution in [2.24, 2.45) is 12.0 Å². The van der Waals surface area contributed by atoms with E-state index < -0.39 is 0 Å². The third kappa shape index (κ3) is 6.78. The molecule has 0 radical (unpaired) electrons. The molecular formula is C20H37IN6. The molecule has 2 heterocycles. The molecule has 1 aromatic rings. The van der Waals surface area contributed by atoms with Gasteiger partial charge in [-0.25, -0.2) is 0 Å². The highest BCUT2D eigenvalue weighted by Crippen LogP contribution is 2.15. The Bertz CT molecular complexity index is 629. The predicted molar refractivity (Wildman–Crippen MR) is 125 cm³/mol. The number of aromatic nitrogens is 2. The fourth-order valence-electron chi connectivity index (χ4n) is 3.77. The first kappa shape index (κ1) is 23.9. The van der Waals surface area contributed by atoms with Crippen LogP contribution in [0.2, 0.25) is 0 Å². The zero-order valence-corrected chi connectivity index (χ0v) is 20.0. The maximum absolute atomic E-state index is 4.66. The zero-order chi connectivity index (χ0) is 19.1. The minimum Gasteiger partial charge on any atom is -0.354 e. The van der Waals surface area contributed by atoms with Gasteiger partial charge in [0.1, 0.15) is 0 Å². The van der Waals surface area contributed by atoms with Gasteiger partial charge in [0.2, 0.25) is 0 Å². The van der Waals surface area contributed by atoms with Crippen molar-refractivity contribution in [1.82, 2.24) is 25.3 Å². The Morgan fingerprint density at radius 2 is 1.93 bits per heavy atom. The van der Waals surface area contributed by atoms with E-state index >= 15 is 0 Å². The average molecular weight is 488 g/mol. The van der Waals surface area contributed by atoms with Gasteiger partial charge in [-0.1, -0.05) is 26.0 Å². The largest absolute Gasteiger partial charge is 0.354 e. The highest BCUT2D eigenvalue weighted by atomic mass is 127. The standard InChI is InChI=1S/C20H36N6.HI/c1-7-18-17(19(8-2)25(6)24-18)13-22-20(21-5)23-16-9-11-26(12-10-16)14-15(3)4;/h16H,3,7-14H2,1-2,4-6H3,(H2,21,22,23);1H. The lowest BCUT2D eigenvalue weighted by Crippen LogP contribution is -2.48. The minimum absolute atomic E-state index is 0. The van der Waals surface area contributed by atoms with Crippen LogP contribution < -0.4 is 10.6 Å². The smallest absolute Gasteiger partial charge is 0.191 e. The number of rotatable bonds is 7. The van der Waals surface area contributed by atoms with E-state index in [9.17, 15) is 0 Å². The van der Waals surface area contributed by atoms with Gasteiger partial charge < -0.3 is 10.6 Å². The molecule has 6 nitrogen and oxygen atoms in total. The van der Waals surface area contributed by atoms with E-state index in [4.69, 9.17) is 0 Å². The Balaban J connectivity index is 0.00000364. The van der Waals surface area contributed by atoms with Gasteiger partial charge >= 0.3 is 0 Å². The summed E-state index contributed by atoms with van der Waals surface area (Å²) in [7, 11) is 3.88. The molecule has 0 atom stereocenters. The Hall–Kier alpha value is -1.09. The van der Waals surface area contributed by atoms with Gasteiger partial charge in [0.05, 0.1) is 5.69 Å². The molecule has 1 aromatic heterocycles. The lowest BCUT2D eigenvalue weighted by Gasteiger charge is -2.33. The number of hydrogen-bond donors (Lipinski definition) is 2. The summed E-state index contributed by atoms with van der Waals surface area (Å²) in [5.41, 5.74) is 5.04. The van der Waals surface area contributed by atoms with Gasteiger partial charge in [0.15, 0.2) is 5.96 Å². The summed E-state index contributed by atoms with van der Waals surface area (Å²) in [6.07, 6.45) is 4.23. The van der Waals surface area contributed by atoms with Crippen LogP contribution in [0.1, 0.15) is 50.6 Å². The van der Waals surface area contributed by atoms with E-state index in [-0.39, 0.29) is 24.0 Å². The predicted octanol–water partition coefficient (Wildman–Crippen LogP) is 2.87. The summed E-state index contributed by atoms with van der Waals surface area (Å²) in [5.74, 6) is 0.885. The number of guanidine groups is 1. The Kier molecular flexibility index (Phi) is 10.4. The molecule has 1 fully saturated rings. The second-order valence-electron chi connectivity index (χ2n) is 7.28. The monoisotopic (exact) mass is 488 g/mol. The average Bonchev–Trinajstić information content (AvgIpc) is 2.94. The summed E-state index contributed by atoms with van der Waals surface area (Å²) in [6, 6.07) is 0.479. The summed E-state index contributed by atoms with van der Waals surface area (Å²) in [5, 5.41) is 11.7. The first-order valence-corrected chi connectivity index (χ1v) is 9.85. The van der Waals surface area contributed by atoms with Crippen LogP contribution in [0.15, 0.2) is 17.1 Å². The molecule has 154 valence electrons. The van der Waals surface area contributed by atoms with Crippen LogP contribution in [0, 0.1) is 0 Å². The molecule has 7 heteroatoms. The number of nitrogens with one attached hydrogen (secondary N) is 2. The third-order valence-electron chi connectivity index (χ3n) is 5.11. The first-order valence-electron chi connectivity index (χ1n) is 9.85. The molecule has 0 spiro atoms. The number of halogens is 1. The molecule has 0 bridgehead atoms. The van der Waals surface area contributed by atoms with E-state index in [0.29, 0.717) is 6.04 Å². The SMILES string of the molecule is C=C(C)CN1CCC(NC(=NC)NCc2c(CC)nn(C)c2CC)CC1.I. The van der Waals surface area contributed by atoms with Gasteiger partial charge in [-0.05, 0) is 32.6 Å². The normalized spacial score (nSPS) is 16.1. The van der Waals surface area contributed by atoms with Gasteiger partial charge in [-0.2, -0.15) is 5.10 Å². The van der Waals surface area contributed by atoms with E-state index in [1.54, 1.807) is 0 Å². The number of aryl methyl sites for hydroxylation is 2. The van der Waals surface area contributed by atoms with Crippen molar-refractivity contribution in [2.75, 3.05) is 26.7 Å². The molecule has 2 rings (SSSR count). The quantitative estimate of drug-likeness (QED) is 0.268. The van der Waals surface area contributed by atoms with Crippen LogP contribution in [0.3, 0.4) is 0 Å². The van der Waals surface area contributed by atoms with Crippen molar-refractivity contribution in [3.05, 3.63) is 29.1 Å². The van der Waals surface area contributed by atoms with Crippen molar-refractivity contribution in [3.63, 3.8) is 0 Å². The number of hydrogen-bond acceptors (Lipinski definition) is 3. The first-order chi connectivity index (χ1) is 12.5. The molecule has 1 aliphatic heterocycles. The second kappa shape index (κ2) is 11.7. The van der Waals surface area contributed by atoms with Crippen molar-refractivity contribution in [1.29, 1.82) is 0 Å². The topological polar surface area (TPSA) is 57.5 Å². The van der Waals surface area contributed by atoms with Crippen LogP contribution in [-0.2, 0) is 26.4 Å². The Morgan fingerprint density at radius 1 is 1.26 bits per heavy atom. The third-order valence-corrected chi connectivity index (χ3v) is 5.11. The van der Waals surface area contributed by atoms with Crippen molar-refractivity contribution < 1.29 is 0 Å². The van der Waals surface area contributed by atoms with Gasteiger partial charge in [0, 0.05) is 57.6 Å². The number of aliphatic imine (C=N–C) groups is 1. The van der Waals surface area contributed by atoms with Crippen LogP contribution in [0.25, 0.3) is 0 Å². The highest BCUT2D eigenvalue weighted by Gasteiger charge is 2.20. The maximum Gasteiger partial charge on any atom is 0.191 e. The zero-order valence-electron chi connectivity index (χ0n) is 17.6. The molecule has 1 saturated heterocycles. The lowest BCUT2D eigenvalue weighted by molar-refractivity contribution is 0.221. The fraction of sp³-hybridized carbons (Fsp3) is 0.700. The highest BCUT2D eigenvalue weighted by molar-refractivity contribution is 14.0. The van der Waals surface area contributed by atoms with Gasteiger partial charge in [0.25, 0.3) is 0 Å². The lowest BCUT2D eigenvalue weighted by atomic mass is 10.0. The van der Waals surface area contributed by atoms with Crippen LogP contribution in [-0.4, -0.2) is 53.4 Å². The van der Waals surface area contributed by atoms with E-state index in [0.717, 1.165) is 57.8 Å². The summed E-state index contributed by atoms with van der Waals surface area (Å²) < 4.78 is 2.02. The molecular weight excluding hydrogens is 451 g/mol. The van der Waals surface area contributed by atoms with Crippen LogP contribution in [0.4, 0.5) is 0 Å². The number of piperidine rings is 1. The number of nitrogens with zero attached hydrogens (tertiary/aromatic N) is 4. The van der Waals surface area contributed by atoms with Gasteiger partial charge in [-0.3, -0.25) is 14.6 Å². The van der Waals surface area contributed by atoms with E-state index in [1.807, 2.05) is 18.8 Å². The summed E-state index contributed by atoms with van der Waals surface area (Å²) >= 11 is 0. The minimum atomic E-state index is 0. The maximum atomic E-state index is 4.66. The molecule has 0 amide bonds. The molecule has 0 saturated carbocycles. The molecule has 1 aliphatic rings. The molecule has 0 aromatic carbocycles. The van der Waals surface area contributed by atoms with Crippen molar-refractivity contribution in [2.45, 2.75) is 59.0 Å². The molecule has 27 heavy (non-hydrogen) atoms. The van der Waals surface area contributed by atoms with Crippen molar-refractivity contribution >= 4 is 29.9 Å². The van der Waals surface area contributed by atoms with Gasteiger partial charge in [-0.15, -0.1) is 24.0 Å². The fourth-order valence-corrected chi connectivity index (χ4v) is 3.77. The van der Waals surface area contributed by atoms with Crippen molar-refractivity contribution in [3.8, 4) is 0 Å². The Labute approximate surface area is 181 Å². The summed E-state index contributed by atoms with van der Waals surface area (Å²) in [6.45, 7) is 14.5. The molecule has 0 unspecified atom stereocenters. The summed E-state index contributed by atoms with van der Waals surface area (Å²) in [4.78, 5) is 6.90. The van der Waals surface area contributed by atoms with E-state index in [1.165, 1.54) is 22.5 Å². The van der Waals surface area contributed by atoms with Crippen LogP contribution >= 0.6 is 24.0 Å². The molecule has 2 N–H and O–H groups in total. The molecule has 0 aliphatic carbocycles. The van der Waals surface area contributed by atoms with Crippen LogP contribution in [0.5, 0.6) is 0 Å². The Morgan fingerprint density at radius 3 is 2.44 bits per heavy atom.